The minimum atomic E-state index is 0.368. The topological polar surface area (TPSA) is 15.3 Å². The normalized spacial score (nSPS) is 17.9. The van der Waals surface area contributed by atoms with Crippen LogP contribution in [0.4, 0.5) is 0 Å². The van der Waals surface area contributed by atoms with Crippen molar-refractivity contribution in [3.05, 3.63) is 11.6 Å². The monoisotopic (exact) mass is 266 g/mol. The maximum atomic E-state index is 3.52. The van der Waals surface area contributed by atoms with Crippen LogP contribution in [0.2, 0.25) is 0 Å². The number of nitrogens with zero attached hydrogens (tertiary/aromatic N) is 1. The molecule has 0 radical (unpaired) electrons. The number of rotatable bonds is 7. The quantitative estimate of drug-likeness (QED) is 0.558. The summed E-state index contributed by atoms with van der Waals surface area (Å²) >= 11 is 0. The molecule has 0 unspecified atom stereocenters. The van der Waals surface area contributed by atoms with Gasteiger partial charge in [0.1, 0.15) is 0 Å². The highest BCUT2D eigenvalue weighted by Crippen LogP contribution is 2.29. The predicted molar refractivity (Wildman–Crippen MR) is 85.5 cm³/mol. The first-order valence-electron chi connectivity index (χ1n) is 8.02. The number of hydrogen-bond acceptors (Lipinski definition) is 2. The largest absolute Gasteiger partial charge is 0.316 e. The van der Waals surface area contributed by atoms with Crippen LogP contribution in [0.25, 0.3) is 0 Å². The SMILES string of the molecule is CC(C)CNCCCCN1CC=C(C(C)(C)C)CC1. The molecule has 1 aliphatic rings. The molecular weight excluding hydrogens is 232 g/mol. The van der Waals surface area contributed by atoms with Crippen molar-refractivity contribution in [3.63, 3.8) is 0 Å². The van der Waals surface area contributed by atoms with Gasteiger partial charge in [-0.3, -0.25) is 4.90 Å². The second kappa shape index (κ2) is 8.06. The molecule has 0 bridgehead atoms. The van der Waals surface area contributed by atoms with Crippen LogP contribution in [0.15, 0.2) is 11.6 Å². The summed E-state index contributed by atoms with van der Waals surface area (Å²) in [6, 6.07) is 0. The lowest BCUT2D eigenvalue weighted by molar-refractivity contribution is 0.273. The smallest absolute Gasteiger partial charge is 0.0166 e. The molecule has 0 amide bonds. The molecule has 0 aromatic carbocycles. The summed E-state index contributed by atoms with van der Waals surface area (Å²) in [5.41, 5.74) is 2.01. The first-order chi connectivity index (χ1) is 8.89. The minimum Gasteiger partial charge on any atom is -0.316 e. The molecule has 1 rings (SSSR count). The van der Waals surface area contributed by atoms with E-state index in [1.54, 1.807) is 5.57 Å². The van der Waals surface area contributed by atoms with Crippen LogP contribution in [0.5, 0.6) is 0 Å². The third kappa shape index (κ3) is 7.12. The summed E-state index contributed by atoms with van der Waals surface area (Å²) in [5.74, 6) is 0.767. The minimum absolute atomic E-state index is 0.368. The maximum Gasteiger partial charge on any atom is 0.0166 e. The third-order valence-electron chi connectivity index (χ3n) is 3.89. The molecule has 1 heterocycles. The van der Waals surface area contributed by atoms with E-state index in [1.807, 2.05) is 0 Å². The van der Waals surface area contributed by atoms with E-state index in [1.165, 1.54) is 38.9 Å². The van der Waals surface area contributed by atoms with E-state index in [4.69, 9.17) is 0 Å². The Morgan fingerprint density at radius 2 is 2.00 bits per heavy atom. The standard InChI is InChI=1S/C17H34N2/c1-15(2)14-18-10-6-7-11-19-12-8-16(9-13-19)17(3,4)5/h8,15,18H,6-7,9-14H2,1-5H3. The van der Waals surface area contributed by atoms with Gasteiger partial charge in [0.15, 0.2) is 0 Å². The Morgan fingerprint density at radius 1 is 1.26 bits per heavy atom. The van der Waals surface area contributed by atoms with Crippen LogP contribution < -0.4 is 5.32 Å². The van der Waals surface area contributed by atoms with Gasteiger partial charge in [0.2, 0.25) is 0 Å². The summed E-state index contributed by atoms with van der Waals surface area (Å²) in [6.45, 7) is 17.5. The molecule has 19 heavy (non-hydrogen) atoms. The fourth-order valence-corrected chi connectivity index (χ4v) is 2.57. The highest BCUT2D eigenvalue weighted by Gasteiger charge is 2.20. The second-order valence-electron chi connectivity index (χ2n) is 7.34. The van der Waals surface area contributed by atoms with Crippen molar-refractivity contribution >= 4 is 0 Å². The molecule has 0 saturated heterocycles. The van der Waals surface area contributed by atoms with Crippen LogP contribution in [0.3, 0.4) is 0 Å². The van der Waals surface area contributed by atoms with Crippen LogP contribution in [-0.4, -0.2) is 37.6 Å². The maximum absolute atomic E-state index is 3.52. The van der Waals surface area contributed by atoms with E-state index >= 15 is 0 Å². The molecule has 1 aliphatic heterocycles. The van der Waals surface area contributed by atoms with Crippen molar-refractivity contribution in [2.24, 2.45) is 11.3 Å². The zero-order chi connectivity index (χ0) is 14.3. The second-order valence-corrected chi connectivity index (χ2v) is 7.34. The van der Waals surface area contributed by atoms with Crippen molar-refractivity contribution in [1.82, 2.24) is 10.2 Å². The summed E-state index contributed by atoms with van der Waals surface area (Å²) in [6.07, 6.45) is 6.35. The Morgan fingerprint density at radius 3 is 2.53 bits per heavy atom. The molecule has 0 spiro atoms. The molecule has 0 fully saturated rings. The molecule has 2 nitrogen and oxygen atoms in total. The average Bonchev–Trinajstić information content (AvgIpc) is 2.32. The van der Waals surface area contributed by atoms with Gasteiger partial charge in [0.25, 0.3) is 0 Å². The molecule has 0 aromatic rings. The van der Waals surface area contributed by atoms with Gasteiger partial charge in [-0.15, -0.1) is 0 Å². The van der Waals surface area contributed by atoms with E-state index in [0.29, 0.717) is 5.41 Å². The number of unbranched alkanes of at least 4 members (excludes halogenated alkanes) is 1. The Kier molecular flexibility index (Phi) is 7.09. The van der Waals surface area contributed by atoms with Gasteiger partial charge in [-0.25, -0.2) is 0 Å². The zero-order valence-electron chi connectivity index (χ0n) is 13.8. The molecule has 2 heteroatoms. The van der Waals surface area contributed by atoms with Gasteiger partial charge >= 0.3 is 0 Å². The van der Waals surface area contributed by atoms with E-state index in [9.17, 15) is 0 Å². The summed E-state index contributed by atoms with van der Waals surface area (Å²) in [5, 5.41) is 3.52. The fraction of sp³-hybridized carbons (Fsp3) is 0.882. The van der Waals surface area contributed by atoms with E-state index in [0.717, 1.165) is 19.0 Å². The van der Waals surface area contributed by atoms with E-state index in [2.05, 4.69) is 50.9 Å². The van der Waals surface area contributed by atoms with Gasteiger partial charge in [0, 0.05) is 13.1 Å². The van der Waals surface area contributed by atoms with Gasteiger partial charge in [-0.05, 0) is 50.2 Å². The summed E-state index contributed by atoms with van der Waals surface area (Å²) in [4.78, 5) is 2.59. The van der Waals surface area contributed by atoms with Crippen molar-refractivity contribution in [2.75, 3.05) is 32.7 Å². The summed E-state index contributed by atoms with van der Waals surface area (Å²) in [7, 11) is 0. The van der Waals surface area contributed by atoms with Gasteiger partial charge in [-0.2, -0.15) is 0 Å². The van der Waals surface area contributed by atoms with Crippen molar-refractivity contribution in [2.45, 2.75) is 53.9 Å². The average molecular weight is 266 g/mol. The first kappa shape index (κ1) is 16.7. The predicted octanol–water partition coefficient (Wildman–Crippen LogP) is 3.69. The Hall–Kier alpha value is -0.340. The molecule has 0 atom stereocenters. The molecular formula is C17H34N2. The van der Waals surface area contributed by atoms with Gasteiger partial charge in [0.05, 0.1) is 0 Å². The van der Waals surface area contributed by atoms with Gasteiger partial charge in [-0.1, -0.05) is 46.3 Å². The van der Waals surface area contributed by atoms with E-state index < -0.39 is 0 Å². The van der Waals surface area contributed by atoms with Crippen molar-refractivity contribution < 1.29 is 0 Å². The molecule has 0 saturated carbocycles. The third-order valence-corrected chi connectivity index (χ3v) is 3.89. The lowest BCUT2D eigenvalue weighted by Gasteiger charge is -2.32. The summed E-state index contributed by atoms with van der Waals surface area (Å²) < 4.78 is 0. The van der Waals surface area contributed by atoms with Crippen LogP contribution >= 0.6 is 0 Å². The van der Waals surface area contributed by atoms with Crippen molar-refractivity contribution in [1.29, 1.82) is 0 Å². The molecule has 112 valence electrons. The first-order valence-corrected chi connectivity index (χ1v) is 8.02. The molecule has 0 aromatic heterocycles. The van der Waals surface area contributed by atoms with Crippen LogP contribution in [0.1, 0.15) is 53.9 Å². The van der Waals surface area contributed by atoms with Gasteiger partial charge < -0.3 is 5.32 Å². The zero-order valence-corrected chi connectivity index (χ0v) is 13.8. The number of nitrogens with one attached hydrogen (secondary N) is 1. The lowest BCUT2D eigenvalue weighted by Crippen LogP contribution is -2.32. The highest BCUT2D eigenvalue weighted by atomic mass is 15.1. The molecule has 0 aliphatic carbocycles. The fourth-order valence-electron chi connectivity index (χ4n) is 2.57. The van der Waals surface area contributed by atoms with Crippen LogP contribution in [-0.2, 0) is 0 Å². The highest BCUT2D eigenvalue weighted by molar-refractivity contribution is 5.14. The Labute approximate surface area is 120 Å². The van der Waals surface area contributed by atoms with E-state index in [-0.39, 0.29) is 0 Å². The van der Waals surface area contributed by atoms with Crippen molar-refractivity contribution in [3.8, 4) is 0 Å². The number of hydrogen-bond donors (Lipinski definition) is 1. The molecule has 1 N–H and O–H groups in total. The lowest BCUT2D eigenvalue weighted by atomic mass is 9.83. The Balaban J connectivity index is 2.08. The van der Waals surface area contributed by atoms with Crippen LogP contribution in [0, 0.1) is 11.3 Å². The Bertz CT molecular complexity index is 273.